The fraction of sp³-hybridized carbons (Fsp3) is 0.400. The third kappa shape index (κ3) is 5.20. The second kappa shape index (κ2) is 9.20. The van der Waals surface area contributed by atoms with Crippen LogP contribution in [0.5, 0.6) is 5.75 Å². The lowest BCUT2D eigenvalue weighted by molar-refractivity contribution is -0.123. The van der Waals surface area contributed by atoms with Gasteiger partial charge in [0.1, 0.15) is 11.6 Å². The normalized spacial score (nSPS) is 14.9. The number of ether oxygens (including phenoxy) is 1. The summed E-state index contributed by atoms with van der Waals surface area (Å²) in [7, 11) is 0. The highest BCUT2D eigenvalue weighted by Crippen LogP contribution is 2.14. The molecule has 1 N–H and O–H groups in total. The number of anilines is 1. The van der Waals surface area contributed by atoms with Gasteiger partial charge in [0, 0.05) is 38.9 Å². The average Bonchev–Trinajstić information content (AvgIpc) is 2.72. The zero-order valence-corrected chi connectivity index (χ0v) is 15.2. The van der Waals surface area contributed by atoms with Crippen LogP contribution in [0.25, 0.3) is 0 Å². The monoisotopic (exact) mass is 354 g/mol. The van der Waals surface area contributed by atoms with Gasteiger partial charge in [-0.2, -0.15) is 0 Å². The highest BCUT2D eigenvalue weighted by atomic mass is 16.5. The summed E-state index contributed by atoms with van der Waals surface area (Å²) >= 11 is 0. The fourth-order valence-electron chi connectivity index (χ4n) is 2.92. The van der Waals surface area contributed by atoms with E-state index in [4.69, 9.17) is 4.74 Å². The second-order valence-corrected chi connectivity index (χ2v) is 6.32. The Morgan fingerprint density at radius 2 is 1.88 bits per heavy atom. The van der Waals surface area contributed by atoms with E-state index in [0.29, 0.717) is 12.3 Å². The minimum atomic E-state index is -0.145. The van der Waals surface area contributed by atoms with Gasteiger partial charge in [0.15, 0.2) is 6.61 Å². The van der Waals surface area contributed by atoms with E-state index in [-0.39, 0.29) is 12.5 Å². The highest BCUT2D eigenvalue weighted by molar-refractivity contribution is 5.77. The molecule has 6 nitrogen and oxygen atoms in total. The number of aromatic nitrogens is 1. The van der Waals surface area contributed by atoms with E-state index in [1.54, 1.807) is 0 Å². The molecule has 1 saturated heterocycles. The number of hydrogen-bond acceptors (Lipinski definition) is 5. The number of benzene rings is 1. The first-order valence-electron chi connectivity index (χ1n) is 9.11. The number of piperazine rings is 1. The van der Waals surface area contributed by atoms with Crippen LogP contribution in [0, 0.1) is 0 Å². The van der Waals surface area contributed by atoms with E-state index in [2.05, 4.69) is 27.0 Å². The Hall–Kier alpha value is -2.60. The van der Waals surface area contributed by atoms with E-state index in [1.165, 1.54) is 0 Å². The molecule has 0 spiro atoms. The van der Waals surface area contributed by atoms with Crippen LogP contribution in [-0.4, -0.2) is 55.1 Å². The van der Waals surface area contributed by atoms with Gasteiger partial charge in [0.2, 0.25) is 0 Å². The Bertz CT molecular complexity index is 683. The number of hydrogen-bond donors (Lipinski definition) is 1. The van der Waals surface area contributed by atoms with Crippen molar-refractivity contribution in [2.24, 2.45) is 0 Å². The molecule has 6 heteroatoms. The van der Waals surface area contributed by atoms with Gasteiger partial charge in [-0.1, -0.05) is 31.2 Å². The minimum absolute atomic E-state index is 0.0111. The van der Waals surface area contributed by atoms with Crippen molar-refractivity contribution >= 4 is 11.7 Å². The van der Waals surface area contributed by atoms with Crippen LogP contribution in [0.3, 0.4) is 0 Å². The third-order valence-corrected chi connectivity index (χ3v) is 4.56. The van der Waals surface area contributed by atoms with Gasteiger partial charge < -0.3 is 19.9 Å². The summed E-state index contributed by atoms with van der Waals surface area (Å²) in [6.45, 7) is 7.94. The molecule has 0 unspecified atom stereocenters. The van der Waals surface area contributed by atoms with Crippen LogP contribution in [0.4, 0.5) is 5.82 Å². The number of pyridine rings is 1. The molecule has 138 valence electrons. The molecule has 0 bridgehead atoms. The summed E-state index contributed by atoms with van der Waals surface area (Å²) in [4.78, 5) is 21.2. The van der Waals surface area contributed by atoms with Gasteiger partial charge in [-0.3, -0.25) is 4.79 Å². The van der Waals surface area contributed by atoms with Gasteiger partial charge >= 0.3 is 0 Å². The van der Waals surface area contributed by atoms with Crippen LogP contribution < -0.4 is 15.0 Å². The Labute approximate surface area is 154 Å². The zero-order chi connectivity index (χ0) is 18.2. The van der Waals surface area contributed by atoms with Crippen molar-refractivity contribution < 1.29 is 9.53 Å². The molecule has 1 fully saturated rings. The van der Waals surface area contributed by atoms with Gasteiger partial charge in [-0.15, -0.1) is 0 Å². The van der Waals surface area contributed by atoms with Gasteiger partial charge in [-0.05, 0) is 30.3 Å². The summed E-state index contributed by atoms with van der Waals surface area (Å²) in [5.74, 6) is 1.55. The maximum Gasteiger partial charge on any atom is 0.258 e. The largest absolute Gasteiger partial charge is 0.484 e. The number of carbonyl (C=O) groups excluding carboxylic acids is 1. The van der Waals surface area contributed by atoms with Crippen LogP contribution in [0.15, 0.2) is 48.7 Å². The summed E-state index contributed by atoms with van der Waals surface area (Å²) in [6.07, 6.45) is 1.83. The topological polar surface area (TPSA) is 57.7 Å². The first-order valence-corrected chi connectivity index (χ1v) is 9.11. The zero-order valence-electron chi connectivity index (χ0n) is 15.2. The number of nitrogens with zero attached hydrogens (tertiary/aromatic N) is 3. The quantitative estimate of drug-likeness (QED) is 0.823. The van der Waals surface area contributed by atoms with E-state index in [0.717, 1.165) is 44.1 Å². The molecular formula is C20H26N4O2. The summed E-state index contributed by atoms with van der Waals surface area (Å²) in [6, 6.07) is 13.4. The first-order chi connectivity index (χ1) is 12.7. The molecule has 1 amide bonds. The Morgan fingerprint density at radius 3 is 2.54 bits per heavy atom. The Balaban J connectivity index is 1.42. The van der Waals surface area contributed by atoms with E-state index in [9.17, 15) is 4.79 Å². The third-order valence-electron chi connectivity index (χ3n) is 4.56. The number of nitrogens with one attached hydrogen (secondary N) is 1. The number of carbonyl (C=O) groups is 1. The molecule has 2 heterocycles. The lowest BCUT2D eigenvalue weighted by Crippen LogP contribution is -2.46. The smallest absolute Gasteiger partial charge is 0.258 e. The predicted octanol–water partition coefficient (Wildman–Crippen LogP) is 1.92. The maximum atomic E-state index is 11.9. The average molecular weight is 354 g/mol. The van der Waals surface area contributed by atoms with Crippen molar-refractivity contribution in [1.82, 2.24) is 15.2 Å². The molecule has 0 aliphatic carbocycles. The minimum Gasteiger partial charge on any atom is -0.484 e. The number of rotatable bonds is 7. The first kappa shape index (κ1) is 18.2. The highest BCUT2D eigenvalue weighted by Gasteiger charge is 2.16. The van der Waals surface area contributed by atoms with Crippen LogP contribution in [0.1, 0.15) is 12.5 Å². The number of amides is 1. The molecule has 0 radical (unpaired) electrons. The lowest BCUT2D eigenvalue weighted by atomic mass is 10.2. The van der Waals surface area contributed by atoms with E-state index in [1.807, 2.05) is 48.7 Å². The van der Waals surface area contributed by atoms with Crippen LogP contribution >= 0.6 is 0 Å². The lowest BCUT2D eigenvalue weighted by Gasteiger charge is -2.34. The van der Waals surface area contributed by atoms with Crippen molar-refractivity contribution in [3.05, 3.63) is 54.2 Å². The number of likely N-dealkylation sites (N-methyl/N-ethyl adjacent to an activating group) is 1. The van der Waals surface area contributed by atoms with Crippen molar-refractivity contribution in [3.63, 3.8) is 0 Å². The van der Waals surface area contributed by atoms with Crippen molar-refractivity contribution in [2.75, 3.05) is 44.2 Å². The van der Waals surface area contributed by atoms with E-state index < -0.39 is 0 Å². The summed E-state index contributed by atoms with van der Waals surface area (Å²) < 4.78 is 5.43. The molecular weight excluding hydrogens is 328 g/mol. The number of para-hydroxylation sites is 1. The van der Waals surface area contributed by atoms with Crippen molar-refractivity contribution in [2.45, 2.75) is 13.5 Å². The standard InChI is InChI=1S/C20H26N4O2/c1-2-23-10-12-24(13-11-23)19-9-8-17(14-21-19)15-22-20(25)16-26-18-6-4-3-5-7-18/h3-9,14H,2,10-13,15-16H2,1H3,(H,22,25). The SMILES string of the molecule is CCN1CCN(c2ccc(CNC(=O)COc3ccccc3)cn2)CC1. The van der Waals surface area contributed by atoms with Gasteiger partial charge in [0.05, 0.1) is 0 Å². The Kier molecular flexibility index (Phi) is 6.44. The molecule has 1 aliphatic rings. The van der Waals surface area contributed by atoms with E-state index >= 15 is 0 Å². The molecule has 26 heavy (non-hydrogen) atoms. The molecule has 1 aliphatic heterocycles. The van der Waals surface area contributed by atoms with Gasteiger partial charge in [0.25, 0.3) is 5.91 Å². The summed E-state index contributed by atoms with van der Waals surface area (Å²) in [5, 5.41) is 2.86. The van der Waals surface area contributed by atoms with Crippen molar-refractivity contribution in [3.8, 4) is 5.75 Å². The van der Waals surface area contributed by atoms with Crippen LogP contribution in [-0.2, 0) is 11.3 Å². The van der Waals surface area contributed by atoms with Crippen LogP contribution in [0.2, 0.25) is 0 Å². The molecule has 0 saturated carbocycles. The second-order valence-electron chi connectivity index (χ2n) is 6.32. The van der Waals surface area contributed by atoms with Crippen molar-refractivity contribution in [1.29, 1.82) is 0 Å². The Morgan fingerprint density at radius 1 is 1.12 bits per heavy atom. The molecule has 1 aromatic heterocycles. The molecule has 2 aromatic rings. The molecule has 0 atom stereocenters. The van der Waals surface area contributed by atoms with Gasteiger partial charge in [-0.25, -0.2) is 4.98 Å². The molecule has 1 aromatic carbocycles. The molecule has 3 rings (SSSR count). The predicted molar refractivity (Wildman–Crippen MR) is 102 cm³/mol. The fourth-order valence-corrected chi connectivity index (χ4v) is 2.92. The summed E-state index contributed by atoms with van der Waals surface area (Å²) in [5.41, 5.74) is 0.981. The maximum absolute atomic E-state index is 11.9.